The normalized spacial score (nSPS) is 25.7. The number of halogens is 2. The maximum absolute atomic E-state index is 13.1. The second kappa shape index (κ2) is 4.89. The van der Waals surface area contributed by atoms with E-state index in [1.165, 1.54) is 6.07 Å². The summed E-state index contributed by atoms with van der Waals surface area (Å²) < 4.78 is 31.4. The molecule has 0 aromatic heterocycles. The van der Waals surface area contributed by atoms with E-state index < -0.39 is 11.6 Å². The Labute approximate surface area is 93.6 Å². The number of benzene rings is 1. The first-order chi connectivity index (χ1) is 7.70. The second-order valence-electron chi connectivity index (χ2n) is 4.04. The lowest BCUT2D eigenvalue weighted by Crippen LogP contribution is -2.33. The molecule has 4 heteroatoms. The van der Waals surface area contributed by atoms with Crippen LogP contribution in [-0.4, -0.2) is 19.7 Å². The lowest BCUT2D eigenvalue weighted by molar-refractivity contribution is 0.00133. The van der Waals surface area contributed by atoms with Gasteiger partial charge >= 0.3 is 0 Å². The molecule has 0 bridgehead atoms. The Kier molecular flexibility index (Phi) is 3.51. The molecule has 0 radical (unpaired) electrons. The van der Waals surface area contributed by atoms with Crippen molar-refractivity contribution in [1.29, 1.82) is 0 Å². The summed E-state index contributed by atoms with van der Waals surface area (Å²) in [6.45, 7) is 0.648. The van der Waals surface area contributed by atoms with Gasteiger partial charge in [0.1, 0.15) is 0 Å². The fourth-order valence-electron chi connectivity index (χ4n) is 2.00. The zero-order chi connectivity index (χ0) is 11.5. The lowest BCUT2D eigenvalue weighted by Gasteiger charge is -2.29. The highest BCUT2D eigenvalue weighted by Gasteiger charge is 2.23. The van der Waals surface area contributed by atoms with E-state index in [9.17, 15) is 8.78 Å². The standard InChI is InChI=1S/C12H15F2NO/c1-15-9-4-5-16-12(7-9)8-2-3-10(13)11(14)6-8/h2-3,6,9,12,15H,4-5,7H2,1H3. The molecule has 1 N–H and O–H groups in total. The van der Waals surface area contributed by atoms with Crippen LogP contribution in [0.3, 0.4) is 0 Å². The number of nitrogens with one attached hydrogen (secondary N) is 1. The van der Waals surface area contributed by atoms with Gasteiger partial charge in [0.05, 0.1) is 6.10 Å². The van der Waals surface area contributed by atoms with Crippen molar-refractivity contribution in [2.45, 2.75) is 25.0 Å². The predicted octanol–water partition coefficient (Wildman–Crippen LogP) is 2.40. The second-order valence-corrected chi connectivity index (χ2v) is 4.04. The maximum Gasteiger partial charge on any atom is 0.159 e. The fourth-order valence-corrected chi connectivity index (χ4v) is 2.00. The van der Waals surface area contributed by atoms with E-state index in [1.807, 2.05) is 7.05 Å². The van der Waals surface area contributed by atoms with Crippen LogP contribution in [0.25, 0.3) is 0 Å². The summed E-state index contributed by atoms with van der Waals surface area (Å²) in [7, 11) is 1.90. The number of hydrogen-bond acceptors (Lipinski definition) is 2. The Bertz CT molecular complexity index is 370. The van der Waals surface area contributed by atoms with Crippen LogP contribution in [0.2, 0.25) is 0 Å². The molecule has 0 aliphatic carbocycles. The van der Waals surface area contributed by atoms with Gasteiger partial charge in [-0.1, -0.05) is 6.07 Å². The molecule has 1 aromatic rings. The minimum Gasteiger partial charge on any atom is -0.373 e. The highest BCUT2D eigenvalue weighted by molar-refractivity contribution is 5.20. The zero-order valence-corrected chi connectivity index (χ0v) is 9.17. The molecular weight excluding hydrogens is 212 g/mol. The molecule has 1 saturated heterocycles. The Balaban J connectivity index is 2.13. The average molecular weight is 227 g/mol. The van der Waals surface area contributed by atoms with Crippen molar-refractivity contribution in [1.82, 2.24) is 5.32 Å². The van der Waals surface area contributed by atoms with Crippen LogP contribution in [-0.2, 0) is 4.74 Å². The van der Waals surface area contributed by atoms with Gasteiger partial charge in [-0.3, -0.25) is 0 Å². The molecular formula is C12H15F2NO. The highest BCUT2D eigenvalue weighted by atomic mass is 19.2. The van der Waals surface area contributed by atoms with Gasteiger partial charge in [-0.2, -0.15) is 0 Å². The number of ether oxygens (including phenoxy) is 1. The summed E-state index contributed by atoms with van der Waals surface area (Å²) in [4.78, 5) is 0. The van der Waals surface area contributed by atoms with Crippen molar-refractivity contribution in [2.24, 2.45) is 0 Å². The SMILES string of the molecule is CNC1CCOC(c2ccc(F)c(F)c2)C1. The molecule has 2 atom stereocenters. The first kappa shape index (κ1) is 11.5. The van der Waals surface area contributed by atoms with Crippen LogP contribution in [0.5, 0.6) is 0 Å². The Morgan fingerprint density at radius 1 is 1.31 bits per heavy atom. The molecule has 0 amide bonds. The van der Waals surface area contributed by atoms with Crippen molar-refractivity contribution in [3.05, 3.63) is 35.4 Å². The highest BCUT2D eigenvalue weighted by Crippen LogP contribution is 2.28. The van der Waals surface area contributed by atoms with Crippen LogP contribution in [0.4, 0.5) is 8.78 Å². The third-order valence-electron chi connectivity index (χ3n) is 3.01. The minimum absolute atomic E-state index is 0.138. The number of hydrogen-bond donors (Lipinski definition) is 1. The van der Waals surface area contributed by atoms with E-state index in [4.69, 9.17) is 4.74 Å². The summed E-state index contributed by atoms with van der Waals surface area (Å²) in [6, 6.07) is 4.34. The van der Waals surface area contributed by atoms with Gasteiger partial charge in [0, 0.05) is 12.6 Å². The van der Waals surface area contributed by atoms with E-state index in [1.54, 1.807) is 6.07 Å². The van der Waals surface area contributed by atoms with Gasteiger partial charge < -0.3 is 10.1 Å². The summed E-state index contributed by atoms with van der Waals surface area (Å²) in [5.74, 6) is -1.63. The molecule has 0 spiro atoms. The number of rotatable bonds is 2. The van der Waals surface area contributed by atoms with E-state index in [0.29, 0.717) is 18.2 Å². The molecule has 1 heterocycles. The van der Waals surface area contributed by atoms with E-state index in [0.717, 1.165) is 18.9 Å². The minimum atomic E-state index is -0.815. The predicted molar refractivity (Wildman–Crippen MR) is 57.1 cm³/mol. The monoisotopic (exact) mass is 227 g/mol. The van der Waals surface area contributed by atoms with Gasteiger partial charge in [-0.15, -0.1) is 0 Å². The molecule has 1 aliphatic rings. The summed E-state index contributed by atoms with van der Waals surface area (Å²) in [5, 5.41) is 3.18. The van der Waals surface area contributed by atoms with Crippen LogP contribution >= 0.6 is 0 Å². The molecule has 1 aromatic carbocycles. The van der Waals surface area contributed by atoms with E-state index in [-0.39, 0.29) is 6.10 Å². The third-order valence-corrected chi connectivity index (χ3v) is 3.01. The van der Waals surface area contributed by atoms with E-state index in [2.05, 4.69) is 5.32 Å². The Hall–Kier alpha value is -1.00. The van der Waals surface area contributed by atoms with Crippen LogP contribution in [0.15, 0.2) is 18.2 Å². The van der Waals surface area contributed by atoms with E-state index >= 15 is 0 Å². The molecule has 2 rings (SSSR count). The Morgan fingerprint density at radius 2 is 2.12 bits per heavy atom. The van der Waals surface area contributed by atoms with Crippen LogP contribution in [0, 0.1) is 11.6 Å². The molecule has 1 fully saturated rings. The summed E-state index contributed by atoms with van der Waals surface area (Å²) in [5.41, 5.74) is 0.707. The quantitative estimate of drug-likeness (QED) is 0.837. The van der Waals surface area contributed by atoms with Crippen molar-refractivity contribution in [2.75, 3.05) is 13.7 Å². The molecule has 2 unspecified atom stereocenters. The van der Waals surface area contributed by atoms with Crippen molar-refractivity contribution in [3.63, 3.8) is 0 Å². The van der Waals surface area contributed by atoms with Gasteiger partial charge in [-0.25, -0.2) is 8.78 Å². The molecule has 88 valence electrons. The van der Waals surface area contributed by atoms with Crippen molar-refractivity contribution >= 4 is 0 Å². The summed E-state index contributed by atoms with van der Waals surface area (Å²) >= 11 is 0. The van der Waals surface area contributed by atoms with Crippen molar-refractivity contribution in [3.8, 4) is 0 Å². The molecule has 0 saturated carbocycles. The molecule has 1 aliphatic heterocycles. The van der Waals surface area contributed by atoms with Gasteiger partial charge in [0.15, 0.2) is 11.6 Å². The maximum atomic E-state index is 13.1. The fraction of sp³-hybridized carbons (Fsp3) is 0.500. The smallest absolute Gasteiger partial charge is 0.159 e. The topological polar surface area (TPSA) is 21.3 Å². The van der Waals surface area contributed by atoms with Gasteiger partial charge in [-0.05, 0) is 37.6 Å². The first-order valence-corrected chi connectivity index (χ1v) is 5.44. The average Bonchev–Trinajstić information content (AvgIpc) is 2.33. The van der Waals surface area contributed by atoms with Gasteiger partial charge in [0.25, 0.3) is 0 Å². The first-order valence-electron chi connectivity index (χ1n) is 5.44. The zero-order valence-electron chi connectivity index (χ0n) is 9.17. The van der Waals surface area contributed by atoms with Crippen LogP contribution in [0.1, 0.15) is 24.5 Å². The van der Waals surface area contributed by atoms with Crippen molar-refractivity contribution < 1.29 is 13.5 Å². The lowest BCUT2D eigenvalue weighted by atomic mass is 9.97. The Morgan fingerprint density at radius 3 is 2.81 bits per heavy atom. The van der Waals surface area contributed by atoms with Gasteiger partial charge in [0.2, 0.25) is 0 Å². The van der Waals surface area contributed by atoms with Crippen LogP contribution < -0.4 is 5.32 Å². The molecule has 16 heavy (non-hydrogen) atoms. The third kappa shape index (κ3) is 2.39. The largest absolute Gasteiger partial charge is 0.373 e. The summed E-state index contributed by atoms with van der Waals surface area (Å²) in [6.07, 6.45) is 1.61. The molecule has 2 nitrogen and oxygen atoms in total.